The molecule has 24 heavy (non-hydrogen) atoms. The Morgan fingerprint density at radius 2 is 2.12 bits per heavy atom. The second-order valence-corrected chi connectivity index (χ2v) is 7.01. The Balaban J connectivity index is 1.90. The van der Waals surface area contributed by atoms with E-state index in [0.29, 0.717) is 44.3 Å². The average molecular weight is 339 g/mol. The molecule has 2 atom stereocenters. The van der Waals surface area contributed by atoms with Crippen LogP contribution in [0.5, 0.6) is 0 Å². The second-order valence-electron chi connectivity index (χ2n) is 7.01. The van der Waals surface area contributed by atoms with E-state index in [9.17, 15) is 9.50 Å². The van der Waals surface area contributed by atoms with Crippen LogP contribution in [0.25, 0.3) is 0 Å². The average Bonchev–Trinajstić information content (AvgIpc) is 3.02. The summed E-state index contributed by atoms with van der Waals surface area (Å²) in [5, 5.41) is 10.3. The van der Waals surface area contributed by atoms with E-state index in [4.69, 9.17) is 9.47 Å². The van der Waals surface area contributed by atoms with Crippen molar-refractivity contribution >= 4 is 0 Å². The van der Waals surface area contributed by atoms with Crippen molar-refractivity contribution in [2.75, 3.05) is 32.9 Å². The topological polar surface area (TPSA) is 41.9 Å². The van der Waals surface area contributed by atoms with Gasteiger partial charge in [0.25, 0.3) is 0 Å². The van der Waals surface area contributed by atoms with Crippen LogP contribution >= 0.6 is 0 Å². The molecular formula is C19H30FNO3. The maximum absolute atomic E-state index is 13.9. The summed E-state index contributed by atoms with van der Waals surface area (Å²) < 4.78 is 25.2. The highest BCUT2D eigenvalue weighted by Crippen LogP contribution is 2.16. The van der Waals surface area contributed by atoms with Crippen LogP contribution < -0.4 is 0 Å². The van der Waals surface area contributed by atoms with Crippen molar-refractivity contribution < 1.29 is 19.0 Å². The lowest BCUT2D eigenvalue weighted by atomic mass is 10.1. The molecule has 4 nitrogen and oxygen atoms in total. The van der Waals surface area contributed by atoms with Crippen molar-refractivity contribution in [3.8, 4) is 0 Å². The maximum atomic E-state index is 13.9. The number of aliphatic hydroxyl groups excluding tert-OH is 1. The van der Waals surface area contributed by atoms with Crippen molar-refractivity contribution in [1.29, 1.82) is 0 Å². The largest absolute Gasteiger partial charge is 0.389 e. The molecular weight excluding hydrogens is 309 g/mol. The quantitative estimate of drug-likeness (QED) is 0.712. The van der Waals surface area contributed by atoms with Crippen LogP contribution in [-0.4, -0.2) is 55.1 Å². The number of rotatable bonds is 10. The van der Waals surface area contributed by atoms with Crippen molar-refractivity contribution in [1.82, 2.24) is 4.90 Å². The summed E-state index contributed by atoms with van der Waals surface area (Å²) in [7, 11) is 0. The van der Waals surface area contributed by atoms with Crippen LogP contribution in [0.4, 0.5) is 4.39 Å². The first kappa shape index (κ1) is 19.3. The lowest BCUT2D eigenvalue weighted by Gasteiger charge is -2.27. The summed E-state index contributed by atoms with van der Waals surface area (Å²) in [5.74, 6) is 0.235. The fourth-order valence-corrected chi connectivity index (χ4v) is 2.94. The van der Waals surface area contributed by atoms with Gasteiger partial charge in [-0.15, -0.1) is 0 Å². The number of ether oxygens (including phenoxy) is 2. The summed E-state index contributed by atoms with van der Waals surface area (Å²) in [6, 6.07) is 6.80. The van der Waals surface area contributed by atoms with Gasteiger partial charge in [0.1, 0.15) is 5.82 Å². The molecule has 1 aliphatic heterocycles. The maximum Gasteiger partial charge on any atom is 0.127 e. The van der Waals surface area contributed by atoms with Crippen molar-refractivity contribution in [3.05, 3.63) is 35.6 Å². The van der Waals surface area contributed by atoms with Crippen molar-refractivity contribution in [3.63, 3.8) is 0 Å². The Labute approximate surface area is 144 Å². The van der Waals surface area contributed by atoms with Gasteiger partial charge in [-0.2, -0.15) is 0 Å². The monoisotopic (exact) mass is 339 g/mol. The molecule has 1 heterocycles. The summed E-state index contributed by atoms with van der Waals surface area (Å²) in [5.41, 5.74) is 0.644. The Bertz CT molecular complexity index is 477. The Morgan fingerprint density at radius 1 is 1.33 bits per heavy atom. The molecule has 0 amide bonds. The van der Waals surface area contributed by atoms with Gasteiger partial charge in [0, 0.05) is 38.4 Å². The molecule has 1 aromatic carbocycles. The van der Waals surface area contributed by atoms with Gasteiger partial charge < -0.3 is 14.6 Å². The van der Waals surface area contributed by atoms with E-state index in [1.54, 1.807) is 12.1 Å². The highest BCUT2D eigenvalue weighted by Gasteiger charge is 2.22. The molecule has 0 spiro atoms. The van der Waals surface area contributed by atoms with Crippen LogP contribution in [0.2, 0.25) is 0 Å². The zero-order valence-electron chi connectivity index (χ0n) is 14.8. The zero-order chi connectivity index (χ0) is 17.4. The molecule has 136 valence electrons. The highest BCUT2D eigenvalue weighted by molar-refractivity contribution is 5.17. The van der Waals surface area contributed by atoms with E-state index in [1.807, 2.05) is 6.07 Å². The predicted molar refractivity (Wildman–Crippen MR) is 92.3 cm³/mol. The fourth-order valence-electron chi connectivity index (χ4n) is 2.94. The molecule has 0 aromatic heterocycles. The summed E-state index contributed by atoms with van der Waals surface area (Å²) in [6.07, 6.45) is 1.67. The number of hydrogen-bond donors (Lipinski definition) is 1. The highest BCUT2D eigenvalue weighted by atomic mass is 19.1. The minimum Gasteiger partial charge on any atom is -0.389 e. The standard InChI is InChI=1S/C19H30FNO3/c1-15(2)13-23-14-17(22)11-21(12-18-7-5-9-24-18)10-16-6-3-4-8-19(16)20/h3-4,6,8,15,17-18,22H,5,7,9-14H2,1-2H3/t17-,18-/m1/s1. The predicted octanol–water partition coefficient (Wildman–Crippen LogP) is 2.84. The number of nitrogens with zero attached hydrogens (tertiary/aromatic N) is 1. The van der Waals surface area contributed by atoms with Gasteiger partial charge in [-0.3, -0.25) is 4.90 Å². The smallest absolute Gasteiger partial charge is 0.127 e. The minimum absolute atomic E-state index is 0.167. The molecule has 5 heteroatoms. The van der Waals surface area contributed by atoms with Gasteiger partial charge in [-0.05, 0) is 24.8 Å². The zero-order valence-corrected chi connectivity index (χ0v) is 14.8. The molecule has 1 saturated heterocycles. The van der Waals surface area contributed by atoms with Gasteiger partial charge in [-0.25, -0.2) is 4.39 Å². The third kappa shape index (κ3) is 6.85. The number of benzene rings is 1. The van der Waals surface area contributed by atoms with Crippen LogP contribution in [0, 0.1) is 11.7 Å². The van der Waals surface area contributed by atoms with Gasteiger partial charge >= 0.3 is 0 Å². The molecule has 1 aliphatic rings. The van der Waals surface area contributed by atoms with E-state index in [2.05, 4.69) is 18.7 Å². The van der Waals surface area contributed by atoms with E-state index < -0.39 is 6.10 Å². The van der Waals surface area contributed by atoms with Crippen LogP contribution in [-0.2, 0) is 16.0 Å². The molecule has 1 N–H and O–H groups in total. The molecule has 0 aliphatic carbocycles. The van der Waals surface area contributed by atoms with E-state index in [0.717, 1.165) is 19.4 Å². The van der Waals surface area contributed by atoms with Crippen LogP contribution in [0.1, 0.15) is 32.3 Å². The van der Waals surface area contributed by atoms with Gasteiger partial charge in [0.15, 0.2) is 0 Å². The molecule has 1 fully saturated rings. The number of aliphatic hydroxyl groups is 1. The first-order valence-electron chi connectivity index (χ1n) is 8.87. The summed E-state index contributed by atoms with van der Waals surface area (Å²) in [6.45, 7) is 7.50. The lowest BCUT2D eigenvalue weighted by molar-refractivity contribution is -0.00410. The normalized spacial score (nSPS) is 19.3. The first-order valence-corrected chi connectivity index (χ1v) is 8.87. The molecule has 0 bridgehead atoms. The third-order valence-corrected chi connectivity index (χ3v) is 4.07. The second kappa shape index (κ2) is 10.1. The van der Waals surface area contributed by atoms with Crippen molar-refractivity contribution in [2.24, 2.45) is 5.92 Å². The summed E-state index contributed by atoms with van der Waals surface area (Å²) >= 11 is 0. The Hall–Kier alpha value is -1.01. The number of halogens is 1. The fraction of sp³-hybridized carbons (Fsp3) is 0.684. The van der Waals surface area contributed by atoms with E-state index >= 15 is 0 Å². The van der Waals surface area contributed by atoms with Gasteiger partial charge in [-0.1, -0.05) is 32.0 Å². The molecule has 0 radical (unpaired) electrons. The Morgan fingerprint density at radius 3 is 2.79 bits per heavy atom. The molecule has 0 unspecified atom stereocenters. The lowest BCUT2D eigenvalue weighted by Crippen LogP contribution is -2.39. The van der Waals surface area contributed by atoms with Gasteiger partial charge in [0.2, 0.25) is 0 Å². The Kier molecular flexibility index (Phi) is 8.12. The van der Waals surface area contributed by atoms with Crippen LogP contribution in [0.3, 0.4) is 0 Å². The van der Waals surface area contributed by atoms with E-state index in [-0.39, 0.29) is 11.9 Å². The van der Waals surface area contributed by atoms with Crippen LogP contribution in [0.15, 0.2) is 24.3 Å². The summed E-state index contributed by atoms with van der Waals surface area (Å²) in [4.78, 5) is 2.07. The molecule has 0 saturated carbocycles. The SMILES string of the molecule is CC(C)COC[C@H](O)CN(Cc1ccccc1F)C[C@H]1CCCO1. The van der Waals surface area contributed by atoms with E-state index in [1.165, 1.54) is 6.07 Å². The first-order chi connectivity index (χ1) is 11.5. The minimum atomic E-state index is -0.586. The van der Waals surface area contributed by atoms with Crippen molar-refractivity contribution in [2.45, 2.75) is 45.4 Å². The molecule has 2 rings (SSSR count). The number of hydrogen-bond acceptors (Lipinski definition) is 4. The third-order valence-electron chi connectivity index (χ3n) is 4.07. The molecule has 1 aromatic rings. The van der Waals surface area contributed by atoms with Gasteiger partial charge in [0.05, 0.1) is 18.8 Å².